The number of nitrogens with two attached hydrogens (primary N) is 3. The fraction of sp³-hybridized carbons (Fsp3) is 0.552. The number of carboxylic acid groups (broad SMARTS) is 1. The number of carboxylic acids is 1. The summed E-state index contributed by atoms with van der Waals surface area (Å²) in [4.78, 5) is 80.6. The molecule has 15 nitrogen and oxygen atoms in total. The van der Waals surface area contributed by atoms with Crippen LogP contribution in [0.5, 0.6) is 0 Å². The van der Waals surface area contributed by atoms with Crippen LogP contribution in [0, 0.1) is 0 Å². The van der Waals surface area contributed by atoms with Gasteiger partial charge in [0, 0.05) is 32.0 Å². The highest BCUT2D eigenvalue weighted by molar-refractivity contribution is 6.27. The minimum Gasteiger partial charge on any atom is -0.481 e. The van der Waals surface area contributed by atoms with Gasteiger partial charge in [0.1, 0.15) is 24.0 Å². The van der Waals surface area contributed by atoms with Gasteiger partial charge in [-0.15, -0.1) is 11.6 Å². The van der Waals surface area contributed by atoms with Crippen LogP contribution in [0.25, 0.3) is 0 Å². The van der Waals surface area contributed by atoms with Crippen molar-refractivity contribution in [3.63, 3.8) is 0 Å². The maximum Gasteiger partial charge on any atom is 0.303 e. The molecule has 1 heterocycles. The van der Waals surface area contributed by atoms with Crippen molar-refractivity contribution in [2.24, 2.45) is 22.2 Å². The number of halogens is 1. The van der Waals surface area contributed by atoms with E-state index in [0.717, 1.165) is 5.56 Å². The van der Waals surface area contributed by atoms with Crippen LogP contribution in [0.4, 0.5) is 0 Å². The molecular formula is C29H43ClN8O7. The standard InChI is InChI=1S/C29H43ClN8O7/c30-17-24(40)37-21(11-12-25(41)42)28(45)38-14-5-4-10-22(38)27(44)35-19(15-18-7-2-1-3-8-18)16-23(39)36-20(26(31)43)9-6-13-34-29(32)33/h1-3,7-8,19-22H,4-6,9-17H2,(H2,31,43)(H,35,44)(H,36,39)(H,37,40)(H,41,42)(H4,32,33,34)/t19?,20?,21?,22-/m0/s1. The summed E-state index contributed by atoms with van der Waals surface area (Å²) in [6, 6.07) is 5.38. The molecule has 1 fully saturated rings. The number of likely N-dealkylation sites (tertiary alicyclic amines) is 1. The number of hydrogen-bond acceptors (Lipinski definition) is 7. The molecule has 0 radical (unpaired) electrons. The summed E-state index contributed by atoms with van der Waals surface area (Å²) >= 11 is 5.60. The second kappa shape index (κ2) is 19.1. The summed E-state index contributed by atoms with van der Waals surface area (Å²) in [6.45, 7) is 0.471. The van der Waals surface area contributed by atoms with Crippen molar-refractivity contribution in [3.05, 3.63) is 35.9 Å². The molecule has 0 saturated carbocycles. The van der Waals surface area contributed by atoms with Gasteiger partial charge < -0.3 is 43.2 Å². The zero-order valence-corrected chi connectivity index (χ0v) is 25.8. The van der Waals surface area contributed by atoms with Crippen LogP contribution in [-0.2, 0) is 35.2 Å². The summed E-state index contributed by atoms with van der Waals surface area (Å²) in [7, 11) is 0. The topological polar surface area (TPSA) is 252 Å². The predicted molar refractivity (Wildman–Crippen MR) is 167 cm³/mol. The number of alkyl halides is 1. The summed E-state index contributed by atoms with van der Waals surface area (Å²) in [6.07, 6.45) is 1.72. The van der Waals surface area contributed by atoms with Crippen LogP contribution < -0.4 is 33.2 Å². The monoisotopic (exact) mass is 650 g/mol. The molecule has 45 heavy (non-hydrogen) atoms. The Morgan fingerprint density at radius 3 is 2.27 bits per heavy atom. The van der Waals surface area contributed by atoms with Gasteiger partial charge in [-0.2, -0.15) is 0 Å². The van der Waals surface area contributed by atoms with E-state index >= 15 is 0 Å². The molecule has 10 N–H and O–H groups in total. The number of primary amides is 1. The predicted octanol–water partition coefficient (Wildman–Crippen LogP) is -0.903. The van der Waals surface area contributed by atoms with E-state index in [9.17, 15) is 28.8 Å². The molecular weight excluding hydrogens is 608 g/mol. The first-order valence-corrected chi connectivity index (χ1v) is 15.3. The van der Waals surface area contributed by atoms with Crippen molar-refractivity contribution < 1.29 is 33.9 Å². The zero-order chi connectivity index (χ0) is 33.4. The fourth-order valence-electron chi connectivity index (χ4n) is 5.06. The lowest BCUT2D eigenvalue weighted by molar-refractivity contribution is -0.146. The number of aliphatic imine (C=N–C) groups is 1. The number of guanidine groups is 1. The van der Waals surface area contributed by atoms with Gasteiger partial charge in [0.25, 0.3) is 0 Å². The molecule has 1 aliphatic rings. The molecule has 1 aromatic rings. The largest absolute Gasteiger partial charge is 0.481 e. The van der Waals surface area contributed by atoms with Gasteiger partial charge in [0.2, 0.25) is 29.5 Å². The van der Waals surface area contributed by atoms with Crippen LogP contribution in [0.1, 0.15) is 56.9 Å². The minimum absolute atomic E-state index is 0.0943. The smallest absolute Gasteiger partial charge is 0.303 e. The molecule has 16 heteroatoms. The number of benzene rings is 1. The SMILES string of the molecule is NC(=O)C(CCCN=C(N)N)NC(=O)CC(Cc1ccccc1)NC(=O)[C@@H]1CCCCN1C(=O)C(CCC(=O)O)NC(=O)CCl. The van der Waals surface area contributed by atoms with Crippen LogP contribution in [0.3, 0.4) is 0 Å². The Hall–Kier alpha value is -4.40. The van der Waals surface area contributed by atoms with Gasteiger partial charge in [0.15, 0.2) is 5.96 Å². The number of amides is 5. The van der Waals surface area contributed by atoms with Gasteiger partial charge in [-0.25, -0.2) is 0 Å². The van der Waals surface area contributed by atoms with Gasteiger partial charge in [0.05, 0.1) is 0 Å². The highest BCUT2D eigenvalue weighted by atomic mass is 35.5. The van der Waals surface area contributed by atoms with E-state index in [1.54, 1.807) is 0 Å². The lowest BCUT2D eigenvalue weighted by Crippen LogP contribution is -2.59. The van der Waals surface area contributed by atoms with Gasteiger partial charge in [-0.1, -0.05) is 30.3 Å². The number of carbonyl (C=O) groups is 6. The molecule has 0 bridgehead atoms. The van der Waals surface area contributed by atoms with Crippen LogP contribution in [0.15, 0.2) is 35.3 Å². The molecule has 1 aromatic carbocycles. The average Bonchev–Trinajstić information content (AvgIpc) is 3.00. The number of rotatable bonds is 18. The lowest BCUT2D eigenvalue weighted by Gasteiger charge is -2.37. The number of carbonyl (C=O) groups excluding carboxylic acids is 5. The van der Waals surface area contributed by atoms with Gasteiger partial charge in [-0.05, 0) is 50.5 Å². The average molecular weight is 651 g/mol. The Morgan fingerprint density at radius 1 is 0.956 bits per heavy atom. The summed E-state index contributed by atoms with van der Waals surface area (Å²) < 4.78 is 0. The zero-order valence-electron chi connectivity index (χ0n) is 25.1. The second-order valence-electron chi connectivity index (χ2n) is 10.8. The Labute approximate surface area is 266 Å². The third-order valence-electron chi connectivity index (χ3n) is 7.22. The van der Waals surface area contributed by atoms with Crippen molar-refractivity contribution in [2.45, 2.75) is 82.0 Å². The number of aliphatic carboxylic acids is 1. The van der Waals surface area contributed by atoms with Gasteiger partial charge >= 0.3 is 5.97 Å². The fourth-order valence-corrected chi connectivity index (χ4v) is 5.14. The quantitative estimate of drug-likeness (QED) is 0.0449. The van der Waals surface area contributed by atoms with E-state index in [2.05, 4.69) is 20.9 Å². The maximum absolute atomic E-state index is 13.7. The van der Waals surface area contributed by atoms with Gasteiger partial charge in [-0.3, -0.25) is 33.8 Å². The number of hydrogen-bond donors (Lipinski definition) is 7. The summed E-state index contributed by atoms with van der Waals surface area (Å²) in [5.41, 5.74) is 17.0. The Balaban J connectivity index is 2.20. The Bertz CT molecular complexity index is 1210. The molecule has 1 aliphatic heterocycles. The summed E-state index contributed by atoms with van der Waals surface area (Å²) in [5, 5.41) is 17.1. The van der Waals surface area contributed by atoms with E-state index in [1.807, 2.05) is 30.3 Å². The van der Waals surface area contributed by atoms with E-state index in [0.29, 0.717) is 25.7 Å². The van der Waals surface area contributed by atoms with E-state index in [4.69, 9.17) is 33.9 Å². The van der Waals surface area contributed by atoms with E-state index < -0.39 is 65.6 Å². The van der Waals surface area contributed by atoms with Crippen molar-refractivity contribution in [1.82, 2.24) is 20.9 Å². The second-order valence-corrected chi connectivity index (χ2v) is 11.1. The van der Waals surface area contributed by atoms with Crippen molar-refractivity contribution >= 4 is 53.1 Å². The lowest BCUT2D eigenvalue weighted by atomic mass is 9.97. The first-order chi connectivity index (χ1) is 21.4. The molecule has 2 rings (SSSR count). The Kier molecular flexibility index (Phi) is 15.6. The van der Waals surface area contributed by atoms with E-state index in [1.165, 1.54) is 4.90 Å². The molecule has 248 valence electrons. The molecule has 4 atom stereocenters. The molecule has 5 amide bonds. The highest BCUT2D eigenvalue weighted by Gasteiger charge is 2.37. The van der Waals surface area contributed by atoms with Crippen LogP contribution in [0.2, 0.25) is 0 Å². The third-order valence-corrected chi connectivity index (χ3v) is 7.46. The normalized spacial score (nSPS) is 16.4. The molecule has 0 spiro atoms. The third kappa shape index (κ3) is 13.4. The first-order valence-electron chi connectivity index (χ1n) is 14.8. The van der Waals surface area contributed by atoms with Crippen molar-refractivity contribution in [2.75, 3.05) is 19.0 Å². The Morgan fingerprint density at radius 2 is 1.64 bits per heavy atom. The first kappa shape index (κ1) is 36.8. The van der Waals surface area contributed by atoms with Crippen LogP contribution >= 0.6 is 11.6 Å². The number of piperidine rings is 1. The molecule has 0 aromatic heterocycles. The summed E-state index contributed by atoms with van der Waals surface area (Å²) in [5.74, 6) is -4.63. The number of nitrogens with zero attached hydrogens (tertiary/aromatic N) is 2. The van der Waals surface area contributed by atoms with E-state index in [-0.39, 0.29) is 51.2 Å². The molecule has 1 saturated heterocycles. The molecule has 3 unspecified atom stereocenters. The maximum atomic E-state index is 13.7. The highest BCUT2D eigenvalue weighted by Crippen LogP contribution is 2.20. The number of nitrogens with one attached hydrogen (secondary N) is 3. The molecule has 0 aliphatic carbocycles. The minimum atomic E-state index is -1.18. The van der Waals surface area contributed by atoms with Crippen LogP contribution in [-0.4, -0.2) is 94.6 Å². The van der Waals surface area contributed by atoms with Crippen molar-refractivity contribution in [3.8, 4) is 0 Å². The van der Waals surface area contributed by atoms with Crippen molar-refractivity contribution in [1.29, 1.82) is 0 Å².